The summed E-state index contributed by atoms with van der Waals surface area (Å²) in [6, 6.07) is 6.47. The van der Waals surface area contributed by atoms with Gasteiger partial charge in [0.1, 0.15) is 12.1 Å². The first-order valence-electron chi connectivity index (χ1n) is 7.63. The molecule has 1 N–H and O–H groups in total. The Morgan fingerprint density at radius 2 is 2.00 bits per heavy atom. The fourth-order valence-electron chi connectivity index (χ4n) is 2.57. The van der Waals surface area contributed by atoms with Crippen LogP contribution >= 0.6 is 0 Å². The molecule has 134 valence electrons. The third kappa shape index (κ3) is 4.21. The number of hydrogen-bond acceptors (Lipinski definition) is 6. The van der Waals surface area contributed by atoms with Crippen LogP contribution in [0.3, 0.4) is 0 Å². The van der Waals surface area contributed by atoms with Crippen molar-refractivity contribution in [3.8, 4) is 0 Å². The van der Waals surface area contributed by atoms with Crippen LogP contribution in [0.1, 0.15) is 0 Å². The summed E-state index contributed by atoms with van der Waals surface area (Å²) in [6.07, 6.45) is 1.35. The van der Waals surface area contributed by atoms with Crippen molar-refractivity contribution in [3.63, 3.8) is 0 Å². The number of carbonyl (C=O) groups is 1. The van der Waals surface area contributed by atoms with Crippen LogP contribution in [-0.2, 0) is 14.8 Å². The molecule has 0 aliphatic carbocycles. The lowest BCUT2D eigenvalue weighted by Gasteiger charge is -2.33. The second-order valence-electron chi connectivity index (χ2n) is 5.57. The highest BCUT2D eigenvalue weighted by Crippen LogP contribution is 2.18. The number of halogens is 1. The second-order valence-corrected chi connectivity index (χ2v) is 7.51. The molecule has 0 radical (unpaired) electrons. The van der Waals surface area contributed by atoms with Crippen LogP contribution in [0, 0.1) is 5.82 Å². The van der Waals surface area contributed by atoms with Gasteiger partial charge >= 0.3 is 0 Å². The molecule has 1 aliphatic rings. The Hall–Kier alpha value is -2.30. The Labute approximate surface area is 144 Å². The van der Waals surface area contributed by atoms with Gasteiger partial charge in [-0.15, -0.1) is 0 Å². The molecule has 1 amide bonds. The molecule has 2 heterocycles. The molecule has 0 saturated carbocycles. The van der Waals surface area contributed by atoms with Gasteiger partial charge in [-0.3, -0.25) is 9.69 Å². The van der Waals surface area contributed by atoms with E-state index in [9.17, 15) is 17.6 Å². The third-order valence-electron chi connectivity index (χ3n) is 3.84. The minimum atomic E-state index is -3.73. The summed E-state index contributed by atoms with van der Waals surface area (Å²) in [5, 5.41) is 6.17. The normalized spacial score (nSPS) is 16.7. The quantitative estimate of drug-likeness (QED) is 0.837. The minimum absolute atomic E-state index is 0.0651. The summed E-state index contributed by atoms with van der Waals surface area (Å²) >= 11 is 0. The zero-order valence-corrected chi connectivity index (χ0v) is 14.1. The molecule has 1 aromatic carbocycles. The number of carbonyl (C=O) groups excluding carboxylic acids is 1. The maximum atomic E-state index is 13.3. The first kappa shape index (κ1) is 17.5. The second kappa shape index (κ2) is 7.30. The standard InChI is InChI=1S/C15H17FN4O4S/c16-12-2-1-3-13(10-12)25(22,23)20-7-5-19(6-8-20)11-15(21)17-14-4-9-24-18-14/h1-4,9-10H,5-8,11H2,(H,17,18,21). The molecule has 1 aromatic heterocycles. The molecule has 0 bridgehead atoms. The van der Waals surface area contributed by atoms with E-state index in [-0.39, 0.29) is 30.4 Å². The summed E-state index contributed by atoms with van der Waals surface area (Å²) in [4.78, 5) is 13.7. The average Bonchev–Trinajstić information content (AvgIpc) is 3.08. The molecule has 0 spiro atoms. The van der Waals surface area contributed by atoms with Crippen LogP contribution < -0.4 is 5.32 Å². The van der Waals surface area contributed by atoms with Crippen molar-refractivity contribution in [1.82, 2.24) is 14.4 Å². The number of hydrogen-bond donors (Lipinski definition) is 1. The lowest BCUT2D eigenvalue weighted by Crippen LogP contribution is -2.50. The Morgan fingerprint density at radius 3 is 2.64 bits per heavy atom. The molecule has 2 aromatic rings. The largest absolute Gasteiger partial charge is 0.363 e. The Bertz CT molecular complexity index is 833. The topological polar surface area (TPSA) is 95.8 Å². The van der Waals surface area contributed by atoms with Crippen LogP contribution in [0.15, 0.2) is 46.0 Å². The van der Waals surface area contributed by atoms with E-state index >= 15 is 0 Å². The van der Waals surface area contributed by atoms with Crippen molar-refractivity contribution < 1.29 is 22.1 Å². The van der Waals surface area contributed by atoms with Gasteiger partial charge in [-0.05, 0) is 18.2 Å². The van der Waals surface area contributed by atoms with Crippen LogP contribution in [0.25, 0.3) is 0 Å². The summed E-state index contributed by atoms with van der Waals surface area (Å²) in [5.41, 5.74) is 0. The van der Waals surface area contributed by atoms with Gasteiger partial charge in [0, 0.05) is 32.2 Å². The summed E-state index contributed by atoms with van der Waals surface area (Å²) < 4.78 is 44.3. The molecule has 0 atom stereocenters. The van der Waals surface area contributed by atoms with Gasteiger partial charge in [0.05, 0.1) is 11.4 Å². The van der Waals surface area contributed by atoms with Gasteiger partial charge in [-0.1, -0.05) is 11.2 Å². The molecular weight excluding hydrogens is 351 g/mol. The number of piperazine rings is 1. The Balaban J connectivity index is 1.55. The van der Waals surface area contributed by atoms with E-state index in [4.69, 9.17) is 0 Å². The SMILES string of the molecule is O=C(CN1CCN(S(=O)(=O)c2cccc(F)c2)CC1)Nc1ccon1. The summed E-state index contributed by atoms with van der Waals surface area (Å²) in [7, 11) is -3.73. The van der Waals surface area contributed by atoms with E-state index in [2.05, 4.69) is 15.0 Å². The van der Waals surface area contributed by atoms with Crippen LogP contribution in [-0.4, -0.2) is 61.4 Å². The highest BCUT2D eigenvalue weighted by molar-refractivity contribution is 7.89. The van der Waals surface area contributed by atoms with Crippen LogP contribution in [0.5, 0.6) is 0 Å². The molecule has 0 unspecified atom stereocenters. The molecule has 3 rings (SSSR count). The van der Waals surface area contributed by atoms with Crippen molar-refractivity contribution in [2.24, 2.45) is 0 Å². The van der Waals surface area contributed by atoms with Gasteiger partial charge in [0.15, 0.2) is 5.82 Å². The lowest BCUT2D eigenvalue weighted by atomic mass is 10.3. The predicted molar refractivity (Wildman–Crippen MR) is 86.7 cm³/mol. The lowest BCUT2D eigenvalue weighted by molar-refractivity contribution is -0.117. The van der Waals surface area contributed by atoms with E-state index in [1.165, 1.54) is 34.8 Å². The maximum Gasteiger partial charge on any atom is 0.243 e. The van der Waals surface area contributed by atoms with E-state index in [0.29, 0.717) is 18.9 Å². The van der Waals surface area contributed by atoms with Crippen LogP contribution in [0.2, 0.25) is 0 Å². The zero-order chi connectivity index (χ0) is 17.9. The number of aromatic nitrogens is 1. The van der Waals surface area contributed by atoms with Gasteiger partial charge in [0.2, 0.25) is 15.9 Å². The number of nitrogens with one attached hydrogen (secondary N) is 1. The first-order chi connectivity index (χ1) is 11.9. The molecule has 1 saturated heterocycles. The van der Waals surface area contributed by atoms with Gasteiger partial charge < -0.3 is 9.84 Å². The molecule has 25 heavy (non-hydrogen) atoms. The number of nitrogens with zero attached hydrogens (tertiary/aromatic N) is 3. The van der Waals surface area contributed by atoms with Crippen LogP contribution in [0.4, 0.5) is 10.2 Å². The minimum Gasteiger partial charge on any atom is -0.363 e. The number of amides is 1. The smallest absolute Gasteiger partial charge is 0.243 e. The highest BCUT2D eigenvalue weighted by atomic mass is 32.2. The number of anilines is 1. The fraction of sp³-hybridized carbons (Fsp3) is 0.333. The van der Waals surface area contributed by atoms with Gasteiger partial charge in [0.25, 0.3) is 0 Å². The van der Waals surface area contributed by atoms with Gasteiger partial charge in [-0.2, -0.15) is 4.31 Å². The van der Waals surface area contributed by atoms with E-state index in [1.54, 1.807) is 0 Å². The van der Waals surface area contributed by atoms with E-state index < -0.39 is 15.8 Å². The Kier molecular flexibility index (Phi) is 5.11. The molecule has 10 heteroatoms. The number of benzene rings is 1. The summed E-state index contributed by atoms with van der Waals surface area (Å²) in [5.74, 6) is -0.517. The molecule has 8 nitrogen and oxygen atoms in total. The highest BCUT2D eigenvalue weighted by Gasteiger charge is 2.29. The number of rotatable bonds is 5. The Morgan fingerprint density at radius 1 is 1.24 bits per heavy atom. The molecule has 1 aliphatic heterocycles. The maximum absolute atomic E-state index is 13.3. The van der Waals surface area contributed by atoms with Crippen molar-refractivity contribution in [3.05, 3.63) is 42.4 Å². The zero-order valence-electron chi connectivity index (χ0n) is 13.3. The average molecular weight is 368 g/mol. The van der Waals surface area contributed by atoms with Crippen molar-refractivity contribution in [1.29, 1.82) is 0 Å². The first-order valence-corrected chi connectivity index (χ1v) is 9.07. The third-order valence-corrected chi connectivity index (χ3v) is 5.73. The monoisotopic (exact) mass is 368 g/mol. The van der Waals surface area contributed by atoms with Crippen molar-refractivity contribution >= 4 is 21.7 Å². The van der Waals surface area contributed by atoms with E-state index in [0.717, 1.165) is 6.07 Å². The molecule has 1 fully saturated rings. The van der Waals surface area contributed by atoms with E-state index in [1.807, 2.05) is 4.90 Å². The molecular formula is C15H17FN4O4S. The fourth-order valence-corrected chi connectivity index (χ4v) is 4.02. The van der Waals surface area contributed by atoms with Crippen molar-refractivity contribution in [2.75, 3.05) is 38.0 Å². The number of sulfonamides is 1. The van der Waals surface area contributed by atoms with Gasteiger partial charge in [-0.25, -0.2) is 12.8 Å². The predicted octanol–water partition coefficient (Wildman–Crippen LogP) is 0.759. The summed E-state index contributed by atoms with van der Waals surface area (Å²) in [6.45, 7) is 1.40. The van der Waals surface area contributed by atoms with Crippen molar-refractivity contribution in [2.45, 2.75) is 4.90 Å².